The number of hydrogen-bond acceptors (Lipinski definition) is 5. The molecule has 102 valence electrons. The van der Waals surface area contributed by atoms with Crippen molar-refractivity contribution in [2.75, 3.05) is 6.61 Å². The second kappa shape index (κ2) is 7.13. The molecule has 0 spiro atoms. The van der Waals surface area contributed by atoms with E-state index in [2.05, 4.69) is 0 Å². The Kier molecular flexibility index (Phi) is 5.82. The van der Waals surface area contributed by atoms with Crippen LogP contribution in [0.4, 0.5) is 0 Å². The predicted molar refractivity (Wildman–Crippen MR) is 63.8 cm³/mol. The molecular formula is C13H20O5. The van der Waals surface area contributed by atoms with E-state index in [-0.39, 0.29) is 30.2 Å². The predicted octanol–water partition coefficient (Wildman–Crippen LogP) is 1.63. The van der Waals surface area contributed by atoms with Crippen LogP contribution in [0.15, 0.2) is 0 Å². The van der Waals surface area contributed by atoms with E-state index in [4.69, 9.17) is 9.47 Å². The molecule has 0 aromatic carbocycles. The Morgan fingerprint density at radius 1 is 1.50 bits per heavy atom. The quantitative estimate of drug-likeness (QED) is 0.511. The van der Waals surface area contributed by atoms with Crippen LogP contribution in [0.2, 0.25) is 0 Å². The summed E-state index contributed by atoms with van der Waals surface area (Å²) in [6.07, 6.45) is 1.94. The van der Waals surface area contributed by atoms with Gasteiger partial charge in [0, 0.05) is 6.42 Å². The van der Waals surface area contributed by atoms with Crippen molar-refractivity contribution in [3.05, 3.63) is 0 Å². The number of rotatable bonds is 7. The van der Waals surface area contributed by atoms with Gasteiger partial charge in [-0.05, 0) is 26.2 Å². The molecule has 0 saturated carbocycles. The maximum absolute atomic E-state index is 11.3. The number of hydrogen-bond donors (Lipinski definition) is 0. The van der Waals surface area contributed by atoms with Crippen molar-refractivity contribution in [3.8, 4) is 0 Å². The molecule has 1 rings (SSSR count). The maximum atomic E-state index is 11.3. The van der Waals surface area contributed by atoms with E-state index in [0.717, 1.165) is 6.42 Å². The van der Waals surface area contributed by atoms with E-state index >= 15 is 0 Å². The van der Waals surface area contributed by atoms with Crippen LogP contribution in [0.1, 0.15) is 46.0 Å². The summed E-state index contributed by atoms with van der Waals surface area (Å²) in [4.78, 5) is 33.6. The third kappa shape index (κ3) is 4.85. The van der Waals surface area contributed by atoms with Gasteiger partial charge in [0.2, 0.25) is 0 Å². The topological polar surface area (TPSA) is 69.7 Å². The average Bonchev–Trinajstić information content (AvgIpc) is 2.71. The first-order valence-electron chi connectivity index (χ1n) is 6.40. The zero-order chi connectivity index (χ0) is 13.5. The van der Waals surface area contributed by atoms with Crippen LogP contribution < -0.4 is 0 Å². The van der Waals surface area contributed by atoms with Gasteiger partial charge < -0.3 is 9.47 Å². The highest BCUT2D eigenvalue weighted by atomic mass is 16.5. The molecule has 0 N–H and O–H groups in total. The Balaban J connectivity index is 2.20. The third-order valence-electron chi connectivity index (χ3n) is 3.03. The lowest BCUT2D eigenvalue weighted by atomic mass is 10.0. The lowest BCUT2D eigenvalue weighted by Crippen LogP contribution is -2.19. The highest BCUT2D eigenvalue weighted by Gasteiger charge is 2.26. The molecule has 5 heteroatoms. The van der Waals surface area contributed by atoms with Crippen molar-refractivity contribution in [2.24, 2.45) is 5.92 Å². The molecule has 0 radical (unpaired) electrons. The molecule has 0 amide bonds. The number of carbonyl (C=O) groups is 3. The van der Waals surface area contributed by atoms with Gasteiger partial charge in [-0.2, -0.15) is 0 Å². The Morgan fingerprint density at radius 3 is 2.78 bits per heavy atom. The minimum absolute atomic E-state index is 0.0663. The molecule has 1 fully saturated rings. The summed E-state index contributed by atoms with van der Waals surface area (Å²) in [6, 6.07) is 0. The summed E-state index contributed by atoms with van der Waals surface area (Å²) >= 11 is 0. The Bertz CT molecular complexity index is 323. The van der Waals surface area contributed by atoms with Crippen LogP contribution in [0, 0.1) is 5.92 Å². The second-order valence-corrected chi connectivity index (χ2v) is 4.60. The number of carbonyl (C=O) groups excluding carboxylic acids is 3. The summed E-state index contributed by atoms with van der Waals surface area (Å²) in [6.45, 7) is 3.97. The first-order chi connectivity index (χ1) is 8.52. The van der Waals surface area contributed by atoms with Crippen LogP contribution in [0.5, 0.6) is 0 Å². The van der Waals surface area contributed by atoms with Crippen molar-refractivity contribution < 1.29 is 23.9 Å². The van der Waals surface area contributed by atoms with Gasteiger partial charge in [0.1, 0.15) is 12.2 Å². The summed E-state index contributed by atoms with van der Waals surface area (Å²) in [5.74, 6) is -0.826. The van der Waals surface area contributed by atoms with Crippen LogP contribution >= 0.6 is 0 Å². The molecular weight excluding hydrogens is 236 g/mol. The first kappa shape index (κ1) is 14.7. The van der Waals surface area contributed by atoms with Crippen molar-refractivity contribution in [1.29, 1.82) is 0 Å². The van der Waals surface area contributed by atoms with Crippen molar-refractivity contribution >= 4 is 17.7 Å². The van der Waals surface area contributed by atoms with Gasteiger partial charge in [0.05, 0.1) is 18.6 Å². The average molecular weight is 256 g/mol. The van der Waals surface area contributed by atoms with Crippen LogP contribution in [0.3, 0.4) is 0 Å². The van der Waals surface area contributed by atoms with Crippen LogP contribution in [0.25, 0.3) is 0 Å². The number of cyclic esters (lactones) is 1. The van der Waals surface area contributed by atoms with Crippen molar-refractivity contribution in [1.82, 2.24) is 0 Å². The number of ether oxygens (including phenoxy) is 2. The van der Waals surface area contributed by atoms with Crippen molar-refractivity contribution in [2.45, 2.75) is 52.1 Å². The zero-order valence-corrected chi connectivity index (χ0v) is 10.9. The lowest BCUT2D eigenvalue weighted by molar-refractivity contribution is -0.150. The van der Waals surface area contributed by atoms with E-state index in [9.17, 15) is 14.4 Å². The summed E-state index contributed by atoms with van der Waals surface area (Å²) < 4.78 is 9.96. The Morgan fingerprint density at radius 2 is 2.22 bits per heavy atom. The molecule has 18 heavy (non-hydrogen) atoms. The van der Waals surface area contributed by atoms with Gasteiger partial charge >= 0.3 is 11.9 Å². The highest BCUT2D eigenvalue weighted by molar-refractivity contribution is 5.95. The Hall–Kier alpha value is -1.39. The Labute approximate surface area is 107 Å². The maximum Gasteiger partial charge on any atom is 0.313 e. The van der Waals surface area contributed by atoms with Crippen LogP contribution in [-0.4, -0.2) is 30.4 Å². The molecule has 2 atom stereocenters. The number of Topliss-reactive ketones (excluding diaryl/α,β-unsaturated/α-hetero) is 1. The van der Waals surface area contributed by atoms with E-state index in [1.165, 1.54) is 0 Å². The van der Waals surface area contributed by atoms with E-state index in [1.54, 1.807) is 13.8 Å². The minimum atomic E-state index is -0.483. The third-order valence-corrected chi connectivity index (χ3v) is 3.03. The second-order valence-electron chi connectivity index (χ2n) is 4.60. The van der Waals surface area contributed by atoms with Gasteiger partial charge in [0.15, 0.2) is 0 Å². The normalized spacial score (nSPS) is 20.3. The standard InChI is InChI=1S/C13H20O5/c1-3-11(14)8-12(15)18-9(2)4-5-10-6-7-17-13(10)16/h9-10H,3-8H2,1-2H3. The zero-order valence-electron chi connectivity index (χ0n) is 10.9. The fourth-order valence-corrected chi connectivity index (χ4v) is 1.85. The first-order valence-corrected chi connectivity index (χ1v) is 6.40. The molecule has 1 aliphatic rings. The SMILES string of the molecule is CCC(=O)CC(=O)OC(C)CCC1CCOC1=O. The molecule has 1 aliphatic heterocycles. The van der Waals surface area contributed by atoms with E-state index in [1.807, 2.05) is 0 Å². The fraction of sp³-hybridized carbons (Fsp3) is 0.769. The fourth-order valence-electron chi connectivity index (χ4n) is 1.85. The molecule has 0 aromatic heterocycles. The van der Waals surface area contributed by atoms with E-state index < -0.39 is 5.97 Å². The van der Waals surface area contributed by atoms with E-state index in [0.29, 0.717) is 25.9 Å². The van der Waals surface area contributed by atoms with Gasteiger partial charge in [-0.1, -0.05) is 6.92 Å². The minimum Gasteiger partial charge on any atom is -0.465 e. The lowest BCUT2D eigenvalue weighted by Gasteiger charge is -2.14. The number of esters is 2. The van der Waals surface area contributed by atoms with Gasteiger partial charge in [-0.15, -0.1) is 0 Å². The molecule has 2 unspecified atom stereocenters. The van der Waals surface area contributed by atoms with Crippen molar-refractivity contribution in [3.63, 3.8) is 0 Å². The summed E-state index contributed by atoms with van der Waals surface area (Å²) in [5, 5.41) is 0. The molecule has 5 nitrogen and oxygen atoms in total. The molecule has 0 bridgehead atoms. The summed E-state index contributed by atoms with van der Waals surface area (Å²) in [5.41, 5.74) is 0. The van der Waals surface area contributed by atoms with Gasteiger partial charge in [0.25, 0.3) is 0 Å². The molecule has 1 saturated heterocycles. The summed E-state index contributed by atoms with van der Waals surface area (Å²) in [7, 11) is 0. The molecule has 0 aromatic rings. The highest BCUT2D eigenvalue weighted by Crippen LogP contribution is 2.21. The molecule has 1 heterocycles. The number of ketones is 1. The molecule has 0 aliphatic carbocycles. The van der Waals surface area contributed by atoms with Gasteiger partial charge in [-0.25, -0.2) is 0 Å². The smallest absolute Gasteiger partial charge is 0.313 e. The monoisotopic (exact) mass is 256 g/mol. The largest absolute Gasteiger partial charge is 0.465 e. The van der Waals surface area contributed by atoms with Crippen LogP contribution in [-0.2, 0) is 23.9 Å². The van der Waals surface area contributed by atoms with Gasteiger partial charge in [-0.3, -0.25) is 14.4 Å².